The molecule has 4 aliphatic rings. The van der Waals surface area contributed by atoms with Gasteiger partial charge in [-0.15, -0.1) is 0 Å². The Balaban J connectivity index is 1.42. The summed E-state index contributed by atoms with van der Waals surface area (Å²) in [6.07, 6.45) is 10.4. The molecule has 0 spiro atoms. The molecule has 4 nitrogen and oxygen atoms in total. The largest absolute Gasteiger partial charge is 0.376 e. The van der Waals surface area contributed by atoms with Gasteiger partial charge in [0.15, 0.2) is 0 Å². The van der Waals surface area contributed by atoms with Crippen LogP contribution in [0.1, 0.15) is 68.5 Å². The van der Waals surface area contributed by atoms with Crippen molar-refractivity contribution >= 4 is 5.91 Å². The van der Waals surface area contributed by atoms with Gasteiger partial charge < -0.3 is 9.64 Å². The standard InChI is InChI=1S/C23H30N2O2/c26-23-20-12-4-3-11-19(20)22(25(23)15-17-9-6-14-27-17)24-21-13-5-8-16-7-1-2-10-18(16)21/h1-2,7,10,17,21-22,24H,3-6,8-9,11-15H2/t17-,21-,22+/m0/s1. The van der Waals surface area contributed by atoms with E-state index in [1.165, 1.54) is 36.0 Å². The van der Waals surface area contributed by atoms with Gasteiger partial charge in [-0.3, -0.25) is 10.1 Å². The van der Waals surface area contributed by atoms with Crippen LogP contribution in [0.2, 0.25) is 0 Å². The normalized spacial score (nSPS) is 30.6. The lowest BCUT2D eigenvalue weighted by Gasteiger charge is -2.35. The fourth-order valence-electron chi connectivity index (χ4n) is 5.46. The summed E-state index contributed by atoms with van der Waals surface area (Å²) in [5.74, 6) is 0.266. The summed E-state index contributed by atoms with van der Waals surface area (Å²) in [4.78, 5) is 15.3. The zero-order valence-corrected chi connectivity index (χ0v) is 16.1. The zero-order chi connectivity index (χ0) is 18.2. The quantitative estimate of drug-likeness (QED) is 0.879. The fourth-order valence-corrected chi connectivity index (χ4v) is 5.46. The highest BCUT2D eigenvalue weighted by atomic mass is 16.5. The van der Waals surface area contributed by atoms with Crippen molar-refractivity contribution in [3.05, 3.63) is 46.5 Å². The van der Waals surface area contributed by atoms with Gasteiger partial charge in [0, 0.05) is 24.8 Å². The number of nitrogens with zero attached hydrogens (tertiary/aromatic N) is 1. The number of ether oxygens (including phenoxy) is 1. The van der Waals surface area contributed by atoms with Crippen molar-refractivity contribution < 1.29 is 9.53 Å². The maximum Gasteiger partial charge on any atom is 0.251 e. The van der Waals surface area contributed by atoms with E-state index < -0.39 is 0 Å². The van der Waals surface area contributed by atoms with Gasteiger partial charge >= 0.3 is 0 Å². The second-order valence-electron chi connectivity index (χ2n) is 8.52. The Morgan fingerprint density at radius 2 is 1.93 bits per heavy atom. The molecule has 144 valence electrons. The molecule has 1 amide bonds. The highest BCUT2D eigenvalue weighted by Gasteiger charge is 2.42. The van der Waals surface area contributed by atoms with Gasteiger partial charge in [0.2, 0.25) is 0 Å². The number of nitrogens with one attached hydrogen (secondary N) is 1. The first-order valence-corrected chi connectivity index (χ1v) is 10.8. The second kappa shape index (κ2) is 7.40. The Morgan fingerprint density at radius 1 is 1.04 bits per heavy atom. The van der Waals surface area contributed by atoms with Crippen LogP contribution in [-0.2, 0) is 16.0 Å². The molecule has 27 heavy (non-hydrogen) atoms. The number of carbonyl (C=O) groups is 1. The van der Waals surface area contributed by atoms with Crippen LogP contribution in [0.15, 0.2) is 35.4 Å². The lowest BCUT2D eigenvalue weighted by atomic mass is 9.86. The molecule has 2 heterocycles. The van der Waals surface area contributed by atoms with Crippen LogP contribution >= 0.6 is 0 Å². The van der Waals surface area contributed by atoms with Crippen molar-refractivity contribution in [2.24, 2.45) is 0 Å². The molecule has 0 aromatic heterocycles. The van der Waals surface area contributed by atoms with Crippen molar-refractivity contribution in [2.75, 3.05) is 13.2 Å². The van der Waals surface area contributed by atoms with Gasteiger partial charge in [-0.2, -0.15) is 0 Å². The highest BCUT2D eigenvalue weighted by Crippen LogP contribution is 2.38. The van der Waals surface area contributed by atoms with E-state index in [-0.39, 0.29) is 18.2 Å². The van der Waals surface area contributed by atoms with Crippen LogP contribution in [0, 0.1) is 0 Å². The van der Waals surface area contributed by atoms with Crippen LogP contribution in [0.25, 0.3) is 0 Å². The van der Waals surface area contributed by atoms with E-state index in [2.05, 4.69) is 34.5 Å². The third-order valence-corrected chi connectivity index (χ3v) is 6.82. The molecule has 0 radical (unpaired) electrons. The lowest BCUT2D eigenvalue weighted by Crippen LogP contribution is -2.49. The first kappa shape index (κ1) is 17.4. The lowest BCUT2D eigenvalue weighted by molar-refractivity contribution is -0.129. The van der Waals surface area contributed by atoms with E-state index in [1.807, 2.05) is 0 Å². The number of benzene rings is 1. The number of hydrogen-bond donors (Lipinski definition) is 1. The van der Waals surface area contributed by atoms with Gasteiger partial charge in [0.25, 0.3) is 5.91 Å². The molecule has 1 N–H and O–H groups in total. The fraction of sp³-hybridized carbons (Fsp3) is 0.609. The summed E-state index contributed by atoms with van der Waals surface area (Å²) in [6, 6.07) is 9.16. The van der Waals surface area contributed by atoms with Crippen LogP contribution in [0.4, 0.5) is 0 Å². The molecule has 5 rings (SSSR count). The third-order valence-electron chi connectivity index (χ3n) is 6.82. The summed E-state index contributed by atoms with van der Waals surface area (Å²) in [5.41, 5.74) is 5.36. The number of aryl methyl sites for hydroxylation is 1. The van der Waals surface area contributed by atoms with E-state index in [0.717, 1.165) is 57.2 Å². The monoisotopic (exact) mass is 366 g/mol. The van der Waals surface area contributed by atoms with Gasteiger partial charge in [-0.25, -0.2) is 0 Å². The van der Waals surface area contributed by atoms with Crippen LogP contribution < -0.4 is 5.32 Å². The molecular weight excluding hydrogens is 336 g/mol. The molecule has 4 heteroatoms. The second-order valence-corrected chi connectivity index (χ2v) is 8.52. The van der Waals surface area contributed by atoms with E-state index >= 15 is 0 Å². The SMILES string of the molecule is O=C1C2=C(CCCC2)[C@H](N[C@H]2CCCc3ccccc32)N1C[C@@H]1CCCO1. The number of amides is 1. The van der Waals surface area contributed by atoms with Crippen molar-refractivity contribution in [1.29, 1.82) is 0 Å². The van der Waals surface area contributed by atoms with Gasteiger partial charge in [0.1, 0.15) is 6.17 Å². The molecule has 0 saturated carbocycles. The maximum atomic E-state index is 13.2. The van der Waals surface area contributed by atoms with Crippen LogP contribution in [-0.4, -0.2) is 36.2 Å². The summed E-state index contributed by atoms with van der Waals surface area (Å²) < 4.78 is 5.87. The summed E-state index contributed by atoms with van der Waals surface area (Å²) in [5, 5.41) is 3.92. The smallest absolute Gasteiger partial charge is 0.251 e. The topological polar surface area (TPSA) is 41.6 Å². The Morgan fingerprint density at radius 3 is 2.81 bits per heavy atom. The molecule has 2 aliphatic carbocycles. The minimum Gasteiger partial charge on any atom is -0.376 e. The first-order chi connectivity index (χ1) is 13.3. The molecule has 1 fully saturated rings. The van der Waals surface area contributed by atoms with Gasteiger partial charge in [-0.05, 0) is 74.5 Å². The van der Waals surface area contributed by atoms with Crippen LogP contribution in [0.5, 0.6) is 0 Å². The van der Waals surface area contributed by atoms with Crippen molar-refractivity contribution in [3.63, 3.8) is 0 Å². The predicted octanol–water partition coefficient (Wildman–Crippen LogP) is 3.87. The van der Waals surface area contributed by atoms with Crippen molar-refractivity contribution in [1.82, 2.24) is 10.2 Å². The Bertz CT molecular complexity index is 751. The Hall–Kier alpha value is -1.65. The summed E-state index contributed by atoms with van der Waals surface area (Å²) >= 11 is 0. The minimum absolute atomic E-state index is 0.0631. The molecule has 1 aromatic carbocycles. The minimum atomic E-state index is 0.0631. The molecule has 0 bridgehead atoms. The number of fused-ring (bicyclic) bond motifs is 1. The first-order valence-electron chi connectivity index (χ1n) is 10.8. The van der Waals surface area contributed by atoms with Gasteiger partial charge in [-0.1, -0.05) is 24.3 Å². The van der Waals surface area contributed by atoms with Crippen molar-refractivity contribution in [2.45, 2.75) is 76.1 Å². The van der Waals surface area contributed by atoms with E-state index in [4.69, 9.17) is 4.74 Å². The molecule has 3 atom stereocenters. The predicted molar refractivity (Wildman–Crippen MR) is 105 cm³/mol. The van der Waals surface area contributed by atoms with Crippen molar-refractivity contribution in [3.8, 4) is 0 Å². The zero-order valence-electron chi connectivity index (χ0n) is 16.1. The average Bonchev–Trinajstić information content (AvgIpc) is 3.31. The molecule has 1 saturated heterocycles. The molecule has 2 aliphatic heterocycles. The molecular formula is C23H30N2O2. The Labute approximate surface area is 162 Å². The summed E-state index contributed by atoms with van der Waals surface area (Å²) in [6.45, 7) is 1.58. The van der Waals surface area contributed by atoms with E-state index in [9.17, 15) is 4.79 Å². The number of carbonyl (C=O) groups excluding carboxylic acids is 1. The van der Waals surface area contributed by atoms with E-state index in [1.54, 1.807) is 0 Å². The third kappa shape index (κ3) is 3.23. The van der Waals surface area contributed by atoms with E-state index in [0.29, 0.717) is 6.04 Å². The number of rotatable bonds is 4. The maximum absolute atomic E-state index is 13.2. The number of hydrogen-bond acceptors (Lipinski definition) is 3. The van der Waals surface area contributed by atoms with Gasteiger partial charge in [0.05, 0.1) is 6.10 Å². The summed E-state index contributed by atoms with van der Waals surface area (Å²) in [7, 11) is 0. The Kier molecular flexibility index (Phi) is 4.78. The van der Waals surface area contributed by atoms with Crippen LogP contribution in [0.3, 0.4) is 0 Å². The molecule has 1 aromatic rings. The molecule has 0 unspecified atom stereocenters. The highest BCUT2D eigenvalue weighted by molar-refractivity contribution is 5.97. The average molecular weight is 367 g/mol.